The van der Waals surface area contributed by atoms with Gasteiger partial charge in [0.2, 0.25) is 0 Å². The quantitative estimate of drug-likeness (QED) is 0.870. The van der Waals surface area contributed by atoms with Gasteiger partial charge in [0.1, 0.15) is 5.69 Å². The third kappa shape index (κ3) is 3.50. The second-order valence-electron chi connectivity index (χ2n) is 4.74. The Morgan fingerprint density at radius 3 is 3.00 bits per heavy atom. The summed E-state index contributed by atoms with van der Waals surface area (Å²) in [5, 5.41) is 12.4. The zero-order valence-corrected chi connectivity index (χ0v) is 12.2. The SMILES string of the molecule is CCSC1CCCC1NC(=O)c1ccnc(C(=O)O)c1. The van der Waals surface area contributed by atoms with Crippen molar-refractivity contribution in [2.24, 2.45) is 0 Å². The summed E-state index contributed by atoms with van der Waals surface area (Å²) in [6.07, 6.45) is 4.59. The van der Waals surface area contributed by atoms with Crippen LogP contribution in [0.1, 0.15) is 47.0 Å². The van der Waals surface area contributed by atoms with Crippen LogP contribution >= 0.6 is 11.8 Å². The van der Waals surface area contributed by atoms with Crippen molar-refractivity contribution in [2.45, 2.75) is 37.5 Å². The number of aromatic carboxylic acids is 1. The molecule has 1 aliphatic rings. The molecule has 1 heterocycles. The minimum Gasteiger partial charge on any atom is -0.477 e. The minimum atomic E-state index is -1.13. The zero-order chi connectivity index (χ0) is 14.5. The lowest BCUT2D eigenvalue weighted by atomic mass is 10.2. The topological polar surface area (TPSA) is 79.3 Å². The van der Waals surface area contributed by atoms with Gasteiger partial charge in [-0.25, -0.2) is 9.78 Å². The molecule has 1 aromatic heterocycles. The van der Waals surface area contributed by atoms with Crippen LogP contribution in [0.4, 0.5) is 0 Å². The van der Waals surface area contributed by atoms with E-state index in [4.69, 9.17) is 5.11 Å². The molecule has 0 radical (unpaired) electrons. The summed E-state index contributed by atoms with van der Waals surface area (Å²) >= 11 is 1.87. The van der Waals surface area contributed by atoms with Crippen LogP contribution in [0, 0.1) is 0 Å². The van der Waals surface area contributed by atoms with E-state index in [0.29, 0.717) is 10.8 Å². The van der Waals surface area contributed by atoms with Crippen LogP contribution in [0.2, 0.25) is 0 Å². The van der Waals surface area contributed by atoms with E-state index >= 15 is 0 Å². The summed E-state index contributed by atoms with van der Waals surface area (Å²) in [5.41, 5.74) is 0.244. The second-order valence-corrected chi connectivity index (χ2v) is 6.26. The molecule has 2 atom stereocenters. The van der Waals surface area contributed by atoms with E-state index in [1.807, 2.05) is 11.8 Å². The van der Waals surface area contributed by atoms with Crippen LogP contribution in [0.25, 0.3) is 0 Å². The number of rotatable bonds is 5. The third-order valence-corrected chi connectivity index (χ3v) is 4.72. The highest BCUT2D eigenvalue weighted by Gasteiger charge is 2.28. The summed E-state index contributed by atoms with van der Waals surface area (Å²) in [5.74, 6) is -0.307. The number of thioether (sulfide) groups is 1. The van der Waals surface area contributed by atoms with Gasteiger partial charge >= 0.3 is 5.97 Å². The fraction of sp³-hybridized carbons (Fsp3) is 0.500. The Bertz CT molecular complexity index is 507. The number of nitrogens with one attached hydrogen (secondary N) is 1. The first-order chi connectivity index (χ1) is 9.61. The lowest BCUT2D eigenvalue weighted by molar-refractivity contribution is 0.0690. The summed E-state index contributed by atoms with van der Waals surface area (Å²) < 4.78 is 0. The van der Waals surface area contributed by atoms with Gasteiger partial charge in [-0.05, 0) is 30.7 Å². The first-order valence-electron chi connectivity index (χ1n) is 6.73. The van der Waals surface area contributed by atoms with E-state index < -0.39 is 5.97 Å². The minimum absolute atomic E-state index is 0.108. The molecule has 0 aliphatic heterocycles. The highest BCUT2D eigenvalue weighted by Crippen LogP contribution is 2.30. The molecule has 2 N–H and O–H groups in total. The van der Waals surface area contributed by atoms with Crippen LogP contribution in [0.15, 0.2) is 18.3 Å². The van der Waals surface area contributed by atoms with Crippen molar-refractivity contribution in [3.8, 4) is 0 Å². The normalized spacial score (nSPS) is 21.6. The predicted octanol–water partition coefficient (Wildman–Crippen LogP) is 2.18. The van der Waals surface area contributed by atoms with Crippen LogP contribution in [0.5, 0.6) is 0 Å². The third-order valence-electron chi connectivity index (χ3n) is 3.39. The number of hydrogen-bond acceptors (Lipinski definition) is 4. The van der Waals surface area contributed by atoms with Crippen LogP contribution < -0.4 is 5.32 Å². The van der Waals surface area contributed by atoms with Gasteiger partial charge in [0.15, 0.2) is 0 Å². The first-order valence-corrected chi connectivity index (χ1v) is 7.78. The van der Waals surface area contributed by atoms with Gasteiger partial charge in [-0.3, -0.25) is 4.79 Å². The molecule has 0 saturated heterocycles. The van der Waals surface area contributed by atoms with Crippen LogP contribution in [-0.2, 0) is 0 Å². The second kappa shape index (κ2) is 6.74. The molecule has 1 aliphatic carbocycles. The van der Waals surface area contributed by atoms with Gasteiger partial charge in [-0.1, -0.05) is 13.3 Å². The number of hydrogen-bond donors (Lipinski definition) is 2. The molecule has 5 nitrogen and oxygen atoms in total. The highest BCUT2D eigenvalue weighted by molar-refractivity contribution is 7.99. The van der Waals surface area contributed by atoms with E-state index in [1.165, 1.54) is 12.3 Å². The molecule has 20 heavy (non-hydrogen) atoms. The Labute approximate surface area is 122 Å². The van der Waals surface area contributed by atoms with Gasteiger partial charge in [0, 0.05) is 23.1 Å². The molecule has 108 valence electrons. The number of carboxylic acid groups (broad SMARTS) is 1. The summed E-state index contributed by atoms with van der Waals surface area (Å²) in [6, 6.07) is 3.03. The molecular weight excluding hydrogens is 276 g/mol. The van der Waals surface area contributed by atoms with Gasteiger partial charge in [0.25, 0.3) is 5.91 Å². The number of carbonyl (C=O) groups excluding carboxylic acids is 1. The van der Waals surface area contributed by atoms with Crippen molar-refractivity contribution in [3.63, 3.8) is 0 Å². The van der Waals surface area contributed by atoms with Crippen molar-refractivity contribution in [1.82, 2.24) is 10.3 Å². The fourth-order valence-corrected chi connectivity index (χ4v) is 3.64. The number of carbonyl (C=O) groups is 2. The summed E-state index contributed by atoms with van der Waals surface area (Å²) in [6.45, 7) is 2.11. The van der Waals surface area contributed by atoms with Gasteiger partial charge < -0.3 is 10.4 Å². The van der Waals surface area contributed by atoms with E-state index in [1.54, 1.807) is 6.07 Å². The first kappa shape index (κ1) is 14.8. The summed E-state index contributed by atoms with van der Waals surface area (Å²) in [7, 11) is 0. The number of nitrogens with zero attached hydrogens (tertiary/aromatic N) is 1. The van der Waals surface area contributed by atoms with E-state index in [0.717, 1.165) is 25.0 Å². The van der Waals surface area contributed by atoms with Crippen molar-refractivity contribution >= 4 is 23.6 Å². The van der Waals surface area contributed by atoms with Crippen molar-refractivity contribution in [2.75, 3.05) is 5.75 Å². The summed E-state index contributed by atoms with van der Waals surface area (Å²) in [4.78, 5) is 26.8. The smallest absolute Gasteiger partial charge is 0.354 e. The molecule has 6 heteroatoms. The number of aromatic nitrogens is 1. The Kier molecular flexibility index (Phi) is 5.00. The van der Waals surface area contributed by atoms with E-state index in [9.17, 15) is 9.59 Å². The highest BCUT2D eigenvalue weighted by atomic mass is 32.2. The molecule has 1 saturated carbocycles. The van der Waals surface area contributed by atoms with Crippen molar-refractivity contribution in [3.05, 3.63) is 29.6 Å². The molecule has 1 amide bonds. The van der Waals surface area contributed by atoms with Crippen molar-refractivity contribution < 1.29 is 14.7 Å². The molecule has 0 bridgehead atoms. The standard InChI is InChI=1S/C14H18N2O3S/c1-2-20-12-5-3-4-10(12)16-13(17)9-6-7-15-11(8-9)14(18)19/h6-8,10,12H,2-5H2,1H3,(H,16,17)(H,18,19). The molecular formula is C14H18N2O3S. The molecule has 0 aromatic carbocycles. The number of carboxylic acids is 1. The van der Waals surface area contributed by atoms with Gasteiger partial charge in [-0.15, -0.1) is 0 Å². The van der Waals surface area contributed by atoms with E-state index in [-0.39, 0.29) is 17.6 Å². The van der Waals surface area contributed by atoms with Crippen molar-refractivity contribution in [1.29, 1.82) is 0 Å². The zero-order valence-electron chi connectivity index (χ0n) is 11.3. The Balaban J connectivity index is 2.04. The predicted molar refractivity (Wildman–Crippen MR) is 78.2 cm³/mol. The maximum atomic E-state index is 12.2. The van der Waals surface area contributed by atoms with Crippen LogP contribution in [0.3, 0.4) is 0 Å². The maximum Gasteiger partial charge on any atom is 0.354 e. The Morgan fingerprint density at radius 1 is 1.50 bits per heavy atom. The molecule has 2 rings (SSSR count). The lowest BCUT2D eigenvalue weighted by Gasteiger charge is -2.20. The monoisotopic (exact) mass is 294 g/mol. The number of amides is 1. The molecule has 2 unspecified atom stereocenters. The number of pyridine rings is 1. The van der Waals surface area contributed by atoms with Gasteiger partial charge in [0.05, 0.1) is 0 Å². The molecule has 1 fully saturated rings. The average molecular weight is 294 g/mol. The lowest BCUT2D eigenvalue weighted by Crippen LogP contribution is -2.38. The fourth-order valence-electron chi connectivity index (χ4n) is 2.45. The van der Waals surface area contributed by atoms with E-state index in [2.05, 4.69) is 17.2 Å². The molecule has 0 spiro atoms. The molecule has 1 aromatic rings. The van der Waals surface area contributed by atoms with Crippen LogP contribution in [-0.4, -0.2) is 39.0 Å². The largest absolute Gasteiger partial charge is 0.477 e. The Morgan fingerprint density at radius 2 is 2.30 bits per heavy atom. The maximum absolute atomic E-state index is 12.2. The average Bonchev–Trinajstić information content (AvgIpc) is 2.86. The van der Waals surface area contributed by atoms with Gasteiger partial charge in [-0.2, -0.15) is 11.8 Å². The Hall–Kier alpha value is -1.56.